The van der Waals surface area contributed by atoms with Crippen LogP contribution in [0.2, 0.25) is 15.5 Å². The van der Waals surface area contributed by atoms with Crippen LogP contribution < -0.4 is 20.9 Å². The van der Waals surface area contributed by atoms with Crippen molar-refractivity contribution in [3.63, 3.8) is 0 Å². The van der Waals surface area contributed by atoms with Gasteiger partial charge in [0.15, 0.2) is 11.3 Å². The van der Waals surface area contributed by atoms with Gasteiger partial charge in [-0.05, 0) is 38.8 Å². The van der Waals surface area contributed by atoms with Crippen LogP contribution in [0.25, 0.3) is 11.3 Å². The molecule has 0 radical (unpaired) electrons. The molecule has 4 fully saturated rings. The molecule has 15 heteroatoms. The number of rotatable bonds is 3. The fraction of sp³-hybridized carbons (Fsp3) is 0.625. The average molecular weight is 708 g/mol. The number of halogens is 3. The van der Waals surface area contributed by atoms with E-state index in [0.717, 1.165) is 101 Å². The molecule has 4 saturated heterocycles. The lowest BCUT2D eigenvalue weighted by Gasteiger charge is -2.28. The summed E-state index contributed by atoms with van der Waals surface area (Å²) in [6, 6.07) is 8.14. The Morgan fingerprint density at radius 3 is 1.74 bits per heavy atom. The molecule has 0 aliphatic carbocycles. The van der Waals surface area contributed by atoms with Crippen LogP contribution in [0.4, 0.5) is 5.82 Å². The highest BCUT2D eigenvalue weighted by atomic mass is 35.5. The number of ether oxygens (including phenoxy) is 2. The molecule has 8 rings (SSSR count). The van der Waals surface area contributed by atoms with E-state index >= 15 is 0 Å². The van der Waals surface area contributed by atoms with Crippen molar-refractivity contribution >= 4 is 51.9 Å². The van der Waals surface area contributed by atoms with Gasteiger partial charge in [-0.1, -0.05) is 60.5 Å². The predicted octanol–water partition coefficient (Wildman–Crippen LogP) is 5.27. The highest BCUT2D eigenvalue weighted by Gasteiger charge is 2.22. The molecule has 47 heavy (non-hydrogen) atoms. The molecule has 4 aliphatic heterocycles. The third-order valence-electron chi connectivity index (χ3n) is 8.78. The second kappa shape index (κ2) is 17.4. The predicted molar refractivity (Wildman–Crippen MR) is 186 cm³/mol. The van der Waals surface area contributed by atoms with E-state index in [4.69, 9.17) is 49.4 Å². The van der Waals surface area contributed by atoms with Gasteiger partial charge < -0.3 is 30.3 Å². The molecule has 3 N–H and O–H groups in total. The molecule has 0 saturated carbocycles. The molecule has 4 aromatic rings. The van der Waals surface area contributed by atoms with Crippen LogP contribution in [0.3, 0.4) is 0 Å². The van der Waals surface area contributed by atoms with Gasteiger partial charge in [0.25, 0.3) is 0 Å². The fourth-order valence-electron chi connectivity index (χ4n) is 6.31. The summed E-state index contributed by atoms with van der Waals surface area (Å²) in [6.07, 6.45) is 9.76. The summed E-state index contributed by atoms with van der Waals surface area (Å²) in [4.78, 5) is 10.9. The second-order valence-corrected chi connectivity index (χ2v) is 13.4. The maximum atomic E-state index is 6.24. The van der Waals surface area contributed by atoms with Crippen LogP contribution in [0, 0.1) is 0 Å². The SMILES string of the molecule is C1COCCN1.Clc1cc(Cl)n2nc(C3CCCCCN3)cc2n1.Clc1cc(N2CCOCC2)n2nc(C3CCCCCN3)cc2n1. The fourth-order valence-corrected chi connectivity index (χ4v) is 6.97. The Kier molecular flexibility index (Phi) is 12.8. The number of anilines is 1. The maximum absolute atomic E-state index is 6.24. The zero-order chi connectivity index (χ0) is 32.4. The Labute approximate surface area is 290 Å². The van der Waals surface area contributed by atoms with Crippen molar-refractivity contribution in [3.8, 4) is 0 Å². The van der Waals surface area contributed by atoms with Crippen LogP contribution in [0.5, 0.6) is 0 Å². The standard InChI is InChI=1S/C16H22ClN5O.C12H14Cl2N4.C4H9NO/c17-14-11-16(21-6-8-23-9-7-21)22-15(19-14)10-13(20-22)12-4-2-1-3-5-18-12;13-10-7-11(14)18-12(16-10)6-9(17-18)8-4-2-1-3-5-15-8;1-3-6-4-2-5-1/h10-12,18H,1-9H2;6-8,15H,1-5H2;5H,1-4H2. The highest BCUT2D eigenvalue weighted by molar-refractivity contribution is 6.33. The molecule has 12 nitrogen and oxygen atoms in total. The van der Waals surface area contributed by atoms with Gasteiger partial charge in [0.1, 0.15) is 21.3 Å². The zero-order valence-corrected chi connectivity index (χ0v) is 29.0. The lowest BCUT2D eigenvalue weighted by molar-refractivity contribution is 0.109. The maximum Gasteiger partial charge on any atom is 0.159 e. The van der Waals surface area contributed by atoms with E-state index in [2.05, 4.69) is 42.0 Å². The minimum Gasteiger partial charge on any atom is -0.379 e. The van der Waals surface area contributed by atoms with Gasteiger partial charge in [0.2, 0.25) is 0 Å². The quantitative estimate of drug-likeness (QED) is 0.243. The summed E-state index contributed by atoms with van der Waals surface area (Å²) >= 11 is 18.2. The molecule has 4 aliphatic rings. The molecule has 256 valence electrons. The van der Waals surface area contributed by atoms with Gasteiger partial charge in [0, 0.05) is 50.4 Å². The Morgan fingerprint density at radius 2 is 1.17 bits per heavy atom. The number of nitrogens with one attached hydrogen (secondary N) is 3. The largest absolute Gasteiger partial charge is 0.379 e. The molecule has 8 heterocycles. The Bertz CT molecular complexity index is 1550. The number of nitrogens with zero attached hydrogens (tertiary/aromatic N) is 7. The average Bonchev–Trinajstić information content (AvgIpc) is 3.47. The van der Waals surface area contributed by atoms with Crippen molar-refractivity contribution in [1.82, 2.24) is 45.1 Å². The number of morpholine rings is 2. The zero-order valence-electron chi connectivity index (χ0n) is 26.8. The third-order valence-corrected chi connectivity index (χ3v) is 9.44. The first-order valence-corrected chi connectivity index (χ1v) is 18.0. The summed E-state index contributed by atoms with van der Waals surface area (Å²) in [7, 11) is 0. The van der Waals surface area contributed by atoms with E-state index in [0.29, 0.717) is 33.2 Å². The van der Waals surface area contributed by atoms with E-state index in [-0.39, 0.29) is 0 Å². The van der Waals surface area contributed by atoms with E-state index in [9.17, 15) is 0 Å². The number of fused-ring (bicyclic) bond motifs is 2. The van der Waals surface area contributed by atoms with Gasteiger partial charge in [-0.25, -0.2) is 14.5 Å². The molecule has 0 aromatic carbocycles. The van der Waals surface area contributed by atoms with Crippen LogP contribution >= 0.6 is 34.8 Å². The molecule has 2 unspecified atom stereocenters. The Balaban J connectivity index is 0.000000143. The first kappa shape index (κ1) is 34.6. The van der Waals surface area contributed by atoms with E-state index < -0.39 is 0 Å². The number of aromatic nitrogens is 6. The minimum atomic E-state index is 0.295. The Hall–Kier alpha value is -2.29. The Morgan fingerprint density at radius 1 is 0.617 bits per heavy atom. The first-order valence-electron chi connectivity index (χ1n) is 16.9. The summed E-state index contributed by atoms with van der Waals surface area (Å²) in [6.45, 7) is 9.11. The van der Waals surface area contributed by atoms with Gasteiger partial charge in [-0.15, -0.1) is 0 Å². The molecular weight excluding hydrogens is 663 g/mol. The summed E-state index contributed by atoms with van der Waals surface area (Å²) in [5, 5.41) is 21.0. The first-order chi connectivity index (χ1) is 23.0. The summed E-state index contributed by atoms with van der Waals surface area (Å²) < 4.78 is 14.0. The number of hydrogen-bond acceptors (Lipinski definition) is 10. The molecule has 4 aromatic heterocycles. The van der Waals surface area contributed by atoms with Gasteiger partial charge in [-0.3, -0.25) is 0 Å². The highest BCUT2D eigenvalue weighted by Crippen LogP contribution is 2.27. The number of hydrogen-bond donors (Lipinski definition) is 3. The monoisotopic (exact) mass is 706 g/mol. The van der Waals surface area contributed by atoms with Crippen molar-refractivity contribution < 1.29 is 9.47 Å². The van der Waals surface area contributed by atoms with Crippen molar-refractivity contribution in [2.24, 2.45) is 0 Å². The molecule has 0 bridgehead atoms. The second-order valence-electron chi connectivity index (χ2n) is 12.2. The van der Waals surface area contributed by atoms with Crippen LogP contribution in [-0.4, -0.2) is 94.9 Å². The van der Waals surface area contributed by atoms with Crippen molar-refractivity contribution in [3.05, 3.63) is 51.1 Å². The summed E-state index contributed by atoms with van der Waals surface area (Å²) in [5.74, 6) is 1.00. The minimum absolute atomic E-state index is 0.295. The van der Waals surface area contributed by atoms with Crippen LogP contribution in [0.15, 0.2) is 24.3 Å². The van der Waals surface area contributed by atoms with Crippen molar-refractivity contribution in [2.75, 3.05) is 70.6 Å². The van der Waals surface area contributed by atoms with E-state index in [1.54, 1.807) is 10.6 Å². The van der Waals surface area contributed by atoms with Gasteiger partial charge in [-0.2, -0.15) is 14.7 Å². The van der Waals surface area contributed by atoms with Gasteiger partial charge in [0.05, 0.1) is 49.9 Å². The molecular formula is C32H45Cl3N10O2. The van der Waals surface area contributed by atoms with E-state index in [1.165, 1.54) is 38.5 Å². The van der Waals surface area contributed by atoms with Crippen LogP contribution in [-0.2, 0) is 9.47 Å². The third kappa shape index (κ3) is 9.45. The van der Waals surface area contributed by atoms with Gasteiger partial charge >= 0.3 is 0 Å². The van der Waals surface area contributed by atoms with Crippen LogP contribution in [0.1, 0.15) is 74.8 Å². The lowest BCUT2D eigenvalue weighted by Crippen LogP contribution is -2.37. The molecule has 0 spiro atoms. The summed E-state index contributed by atoms with van der Waals surface area (Å²) in [5.41, 5.74) is 3.58. The molecule has 2 atom stereocenters. The smallest absolute Gasteiger partial charge is 0.159 e. The normalized spacial score (nSPS) is 22.5. The van der Waals surface area contributed by atoms with Crippen molar-refractivity contribution in [2.45, 2.75) is 63.5 Å². The van der Waals surface area contributed by atoms with Crippen molar-refractivity contribution in [1.29, 1.82) is 0 Å². The topological polar surface area (TPSA) is 118 Å². The lowest BCUT2D eigenvalue weighted by atomic mass is 10.1. The van der Waals surface area contributed by atoms with E-state index in [1.807, 2.05) is 16.6 Å². The molecule has 0 amide bonds.